The summed E-state index contributed by atoms with van der Waals surface area (Å²) in [7, 11) is 1.82. The van der Waals surface area contributed by atoms with Gasteiger partial charge in [0, 0.05) is 25.2 Å². The van der Waals surface area contributed by atoms with E-state index >= 15 is 0 Å². The van der Waals surface area contributed by atoms with Gasteiger partial charge in [0.1, 0.15) is 0 Å². The number of amides is 2. The molecule has 0 saturated heterocycles. The number of likely N-dealkylation sites (N-methyl/N-ethyl adjacent to an activating group) is 1. The summed E-state index contributed by atoms with van der Waals surface area (Å²) in [5.41, 5.74) is 0. The van der Waals surface area contributed by atoms with Crippen LogP contribution in [-0.2, 0) is 4.79 Å². The molecule has 0 aromatic rings. The summed E-state index contributed by atoms with van der Waals surface area (Å²) in [6, 6.07) is 0.581. The zero-order valence-corrected chi connectivity index (χ0v) is 13.8. The topological polar surface area (TPSA) is 72.9 Å². The van der Waals surface area contributed by atoms with Crippen LogP contribution in [0.3, 0.4) is 0 Å². The number of carbonyl (C=O) groups excluding carboxylic acids is 1. The summed E-state index contributed by atoms with van der Waals surface area (Å²) >= 11 is 0. The van der Waals surface area contributed by atoms with Gasteiger partial charge in [0.2, 0.25) is 0 Å². The number of hydrogen-bond acceptors (Lipinski definition) is 3. The van der Waals surface area contributed by atoms with Gasteiger partial charge in [-0.05, 0) is 32.2 Å². The molecular weight excluding hydrogens is 270 g/mol. The standard InChI is InChI=1S/C15H29N3O3/c1-6-18(9-14(19)20)13-7-12(8-13)16-15(21)17(5)11(4)10(2)3/h10-13H,6-9H2,1-5H3,(H,16,21)(H,19,20). The molecule has 0 aliphatic heterocycles. The molecule has 0 bridgehead atoms. The Morgan fingerprint density at radius 1 is 1.29 bits per heavy atom. The van der Waals surface area contributed by atoms with Crippen molar-refractivity contribution in [3.63, 3.8) is 0 Å². The Morgan fingerprint density at radius 3 is 2.29 bits per heavy atom. The minimum atomic E-state index is -0.796. The van der Waals surface area contributed by atoms with Gasteiger partial charge >= 0.3 is 12.0 Å². The number of nitrogens with one attached hydrogen (secondary N) is 1. The van der Waals surface area contributed by atoms with Crippen LogP contribution in [0.25, 0.3) is 0 Å². The van der Waals surface area contributed by atoms with Crippen molar-refractivity contribution in [2.45, 2.75) is 58.7 Å². The van der Waals surface area contributed by atoms with Crippen LogP contribution in [0.5, 0.6) is 0 Å². The predicted molar refractivity (Wildman–Crippen MR) is 82.3 cm³/mol. The number of aliphatic carboxylic acids is 1. The lowest BCUT2D eigenvalue weighted by molar-refractivity contribution is -0.139. The number of urea groups is 1. The number of rotatable bonds is 7. The van der Waals surface area contributed by atoms with Gasteiger partial charge in [0.15, 0.2) is 0 Å². The number of carboxylic acids is 1. The van der Waals surface area contributed by atoms with Gasteiger partial charge in [0.25, 0.3) is 0 Å². The Hall–Kier alpha value is -1.30. The quantitative estimate of drug-likeness (QED) is 0.749. The van der Waals surface area contributed by atoms with E-state index in [1.54, 1.807) is 4.90 Å². The van der Waals surface area contributed by atoms with Gasteiger partial charge in [-0.25, -0.2) is 4.79 Å². The number of hydrogen-bond donors (Lipinski definition) is 2. The molecule has 2 N–H and O–H groups in total. The molecule has 0 spiro atoms. The molecule has 6 nitrogen and oxygen atoms in total. The monoisotopic (exact) mass is 299 g/mol. The van der Waals surface area contributed by atoms with E-state index in [0.717, 1.165) is 19.4 Å². The molecule has 1 aliphatic carbocycles. The molecule has 1 aliphatic rings. The van der Waals surface area contributed by atoms with Crippen molar-refractivity contribution in [1.82, 2.24) is 15.1 Å². The van der Waals surface area contributed by atoms with E-state index in [1.807, 2.05) is 25.8 Å². The summed E-state index contributed by atoms with van der Waals surface area (Å²) in [5, 5.41) is 11.9. The van der Waals surface area contributed by atoms with E-state index in [-0.39, 0.29) is 30.7 Å². The van der Waals surface area contributed by atoms with Crippen molar-refractivity contribution >= 4 is 12.0 Å². The van der Waals surface area contributed by atoms with E-state index in [0.29, 0.717) is 5.92 Å². The van der Waals surface area contributed by atoms with Crippen LogP contribution < -0.4 is 5.32 Å². The maximum Gasteiger partial charge on any atom is 0.317 e. The summed E-state index contributed by atoms with van der Waals surface area (Å²) in [6.07, 6.45) is 1.66. The van der Waals surface area contributed by atoms with Crippen molar-refractivity contribution in [3.8, 4) is 0 Å². The summed E-state index contributed by atoms with van der Waals surface area (Å²) < 4.78 is 0. The Balaban J connectivity index is 2.37. The fraction of sp³-hybridized carbons (Fsp3) is 0.867. The Kier molecular flexibility index (Phi) is 6.45. The van der Waals surface area contributed by atoms with Crippen molar-refractivity contribution < 1.29 is 14.7 Å². The highest BCUT2D eigenvalue weighted by Crippen LogP contribution is 2.25. The molecule has 1 unspecified atom stereocenters. The highest BCUT2D eigenvalue weighted by atomic mass is 16.4. The zero-order chi connectivity index (χ0) is 16.2. The Labute approximate surface area is 127 Å². The molecule has 1 fully saturated rings. The lowest BCUT2D eigenvalue weighted by Crippen LogP contribution is -2.57. The molecule has 0 heterocycles. The molecule has 0 aromatic carbocycles. The second kappa shape index (κ2) is 7.64. The van der Waals surface area contributed by atoms with Crippen molar-refractivity contribution in [1.29, 1.82) is 0 Å². The largest absolute Gasteiger partial charge is 0.480 e. The highest BCUT2D eigenvalue weighted by molar-refractivity contribution is 5.74. The third kappa shape index (κ3) is 4.88. The SMILES string of the molecule is CCN(CC(=O)O)C1CC(NC(=O)N(C)C(C)C(C)C)C1. The van der Waals surface area contributed by atoms with Gasteiger partial charge in [-0.15, -0.1) is 0 Å². The average Bonchev–Trinajstić information content (AvgIpc) is 2.37. The van der Waals surface area contributed by atoms with E-state index in [4.69, 9.17) is 5.11 Å². The average molecular weight is 299 g/mol. The third-order valence-electron chi connectivity index (χ3n) is 4.60. The molecule has 0 radical (unpaired) electrons. The zero-order valence-electron chi connectivity index (χ0n) is 13.8. The lowest BCUT2D eigenvalue weighted by Gasteiger charge is -2.43. The van der Waals surface area contributed by atoms with Crippen LogP contribution in [0.2, 0.25) is 0 Å². The third-order valence-corrected chi connectivity index (χ3v) is 4.60. The van der Waals surface area contributed by atoms with Crippen molar-refractivity contribution in [2.75, 3.05) is 20.1 Å². The molecule has 21 heavy (non-hydrogen) atoms. The maximum absolute atomic E-state index is 12.1. The highest BCUT2D eigenvalue weighted by Gasteiger charge is 2.35. The number of nitrogens with zero attached hydrogens (tertiary/aromatic N) is 2. The first-order valence-corrected chi connectivity index (χ1v) is 7.75. The molecule has 1 saturated carbocycles. The first-order chi connectivity index (χ1) is 9.76. The summed E-state index contributed by atoms with van der Waals surface area (Å²) in [6.45, 7) is 9.00. The predicted octanol–water partition coefficient (Wildman–Crippen LogP) is 1.61. The second-order valence-corrected chi connectivity index (χ2v) is 6.32. The van der Waals surface area contributed by atoms with Crippen LogP contribution in [0.1, 0.15) is 40.5 Å². The van der Waals surface area contributed by atoms with Gasteiger partial charge in [-0.1, -0.05) is 20.8 Å². The minimum Gasteiger partial charge on any atom is -0.480 e. The van der Waals surface area contributed by atoms with E-state index < -0.39 is 5.97 Å². The van der Waals surface area contributed by atoms with Gasteiger partial charge in [0.05, 0.1) is 6.54 Å². The van der Waals surface area contributed by atoms with Crippen LogP contribution in [-0.4, -0.2) is 65.2 Å². The number of carboxylic acid groups (broad SMARTS) is 1. The summed E-state index contributed by atoms with van der Waals surface area (Å²) in [5.74, 6) is -0.379. The van der Waals surface area contributed by atoms with Crippen molar-refractivity contribution in [2.24, 2.45) is 5.92 Å². The first kappa shape index (κ1) is 17.8. The number of carbonyl (C=O) groups is 2. The van der Waals surface area contributed by atoms with Gasteiger partial charge in [-0.2, -0.15) is 0 Å². The normalized spacial score (nSPS) is 22.8. The first-order valence-electron chi connectivity index (χ1n) is 7.75. The smallest absolute Gasteiger partial charge is 0.317 e. The second-order valence-electron chi connectivity index (χ2n) is 6.32. The van der Waals surface area contributed by atoms with E-state index in [1.165, 1.54) is 0 Å². The van der Waals surface area contributed by atoms with Crippen molar-refractivity contribution in [3.05, 3.63) is 0 Å². The van der Waals surface area contributed by atoms with E-state index in [2.05, 4.69) is 19.2 Å². The summed E-state index contributed by atoms with van der Waals surface area (Å²) in [4.78, 5) is 26.6. The molecule has 1 rings (SSSR count). The maximum atomic E-state index is 12.1. The van der Waals surface area contributed by atoms with Crippen LogP contribution in [0, 0.1) is 5.92 Å². The van der Waals surface area contributed by atoms with Gasteiger partial charge in [-0.3, -0.25) is 9.69 Å². The molecular formula is C15H29N3O3. The lowest BCUT2D eigenvalue weighted by atomic mass is 9.85. The molecule has 1 atom stereocenters. The minimum absolute atomic E-state index is 0.0408. The van der Waals surface area contributed by atoms with Crippen LogP contribution in [0.15, 0.2) is 0 Å². The van der Waals surface area contributed by atoms with E-state index in [9.17, 15) is 9.59 Å². The fourth-order valence-electron chi connectivity index (χ4n) is 2.59. The Morgan fingerprint density at radius 2 is 1.86 bits per heavy atom. The van der Waals surface area contributed by atoms with Crippen LogP contribution >= 0.6 is 0 Å². The fourth-order valence-corrected chi connectivity index (χ4v) is 2.59. The van der Waals surface area contributed by atoms with Crippen LogP contribution in [0.4, 0.5) is 4.79 Å². The molecule has 2 amide bonds. The van der Waals surface area contributed by atoms with Gasteiger partial charge < -0.3 is 15.3 Å². The Bertz CT molecular complexity index is 367. The molecule has 122 valence electrons. The molecule has 0 aromatic heterocycles. The molecule has 6 heteroatoms.